The molecule has 3 aromatic rings. The third kappa shape index (κ3) is 6.17. The molecule has 1 N–H and O–H groups in total. The van der Waals surface area contributed by atoms with E-state index in [-0.39, 0.29) is 10.9 Å². The lowest BCUT2D eigenvalue weighted by atomic mass is 10.4. The Morgan fingerprint density at radius 2 is 0.833 bits per heavy atom. The first kappa shape index (κ1) is 18.2. The van der Waals surface area contributed by atoms with Gasteiger partial charge in [0.2, 0.25) is 10.4 Å². The summed E-state index contributed by atoms with van der Waals surface area (Å²) >= 11 is 0. The van der Waals surface area contributed by atoms with Crippen LogP contribution in [0, 0.1) is 0 Å². The monoisotopic (exact) mass is 360 g/mol. The summed E-state index contributed by atoms with van der Waals surface area (Å²) in [6.07, 6.45) is 0. The zero-order valence-electron chi connectivity index (χ0n) is 12.6. The van der Waals surface area contributed by atoms with Gasteiger partial charge >= 0.3 is 0 Å². The van der Waals surface area contributed by atoms with Crippen LogP contribution in [0.1, 0.15) is 0 Å². The van der Waals surface area contributed by atoms with Crippen LogP contribution in [0.15, 0.2) is 106 Å². The minimum atomic E-state index is -4.92. The molecular formula is C18H16O4S2. The molecule has 0 heterocycles. The molecule has 3 rings (SSSR count). The maximum atomic E-state index is 8.63. The molecular weight excluding hydrogens is 344 g/mol. The van der Waals surface area contributed by atoms with Crippen molar-refractivity contribution in [2.75, 3.05) is 0 Å². The first-order chi connectivity index (χ1) is 11.4. The molecule has 0 amide bonds. The second-order valence-corrected chi connectivity index (χ2v) is 7.56. The van der Waals surface area contributed by atoms with Gasteiger partial charge in [0.1, 0.15) is 0 Å². The molecule has 0 saturated heterocycles. The highest BCUT2D eigenvalue weighted by atomic mass is 32.3. The van der Waals surface area contributed by atoms with Crippen molar-refractivity contribution in [1.82, 2.24) is 0 Å². The highest BCUT2D eigenvalue weighted by molar-refractivity contribution is 7.97. The van der Waals surface area contributed by atoms with Crippen molar-refractivity contribution in [1.29, 1.82) is 0 Å². The molecule has 0 bridgehead atoms. The molecule has 3 aromatic carbocycles. The van der Waals surface area contributed by atoms with Gasteiger partial charge in [-0.05, 0) is 36.4 Å². The highest BCUT2D eigenvalue weighted by Crippen LogP contribution is 2.30. The molecule has 0 spiro atoms. The smallest absolute Gasteiger partial charge is 0.215 e. The summed E-state index contributed by atoms with van der Waals surface area (Å²) in [7, 11) is -4.93. The van der Waals surface area contributed by atoms with Gasteiger partial charge in [0.15, 0.2) is 14.7 Å². The van der Waals surface area contributed by atoms with Crippen LogP contribution in [0.3, 0.4) is 0 Å². The van der Waals surface area contributed by atoms with Crippen molar-refractivity contribution in [2.45, 2.75) is 14.7 Å². The van der Waals surface area contributed by atoms with Gasteiger partial charge in [-0.25, -0.2) is 8.42 Å². The van der Waals surface area contributed by atoms with E-state index in [2.05, 4.69) is 91.0 Å². The van der Waals surface area contributed by atoms with Gasteiger partial charge in [0.05, 0.1) is 10.9 Å². The van der Waals surface area contributed by atoms with Gasteiger partial charge < -0.3 is 4.55 Å². The van der Waals surface area contributed by atoms with Gasteiger partial charge in [-0.3, -0.25) is 4.55 Å². The minimum Gasteiger partial charge on any atom is -0.726 e. The minimum absolute atomic E-state index is 0.0146. The zero-order valence-corrected chi connectivity index (χ0v) is 14.3. The van der Waals surface area contributed by atoms with Crippen LogP contribution < -0.4 is 0 Å². The molecule has 0 aromatic heterocycles. The lowest BCUT2D eigenvalue weighted by Crippen LogP contribution is -2.04. The predicted octanol–water partition coefficient (Wildman–Crippen LogP) is 3.79. The van der Waals surface area contributed by atoms with E-state index in [1.807, 2.05) is 0 Å². The average molecular weight is 360 g/mol. The summed E-state index contributed by atoms with van der Waals surface area (Å²) in [5.41, 5.74) is 0. The quantitative estimate of drug-likeness (QED) is 0.438. The molecule has 0 radical (unpaired) electrons. The summed E-state index contributed by atoms with van der Waals surface area (Å²) in [5, 5.41) is 0. The van der Waals surface area contributed by atoms with E-state index < -0.39 is 10.4 Å². The second kappa shape index (κ2) is 8.65. The molecule has 0 aliphatic heterocycles. The molecule has 0 saturated carbocycles. The molecule has 0 unspecified atom stereocenters. The Balaban J connectivity index is 0.000000368. The Morgan fingerprint density at radius 1 is 0.625 bits per heavy atom. The van der Waals surface area contributed by atoms with Crippen LogP contribution in [0.2, 0.25) is 0 Å². The topological polar surface area (TPSA) is 77.4 Å². The van der Waals surface area contributed by atoms with Crippen LogP contribution in [-0.2, 0) is 21.3 Å². The summed E-state index contributed by atoms with van der Waals surface area (Å²) in [6.45, 7) is 0. The van der Waals surface area contributed by atoms with Crippen molar-refractivity contribution in [3.8, 4) is 0 Å². The van der Waals surface area contributed by atoms with Gasteiger partial charge in [0, 0.05) is 0 Å². The first-order valence-electron chi connectivity index (χ1n) is 7.03. The van der Waals surface area contributed by atoms with Crippen molar-refractivity contribution in [3.05, 3.63) is 91.0 Å². The molecule has 0 aliphatic carbocycles. The Morgan fingerprint density at radius 3 is 1.04 bits per heavy atom. The Bertz CT molecular complexity index is 734. The van der Waals surface area contributed by atoms with E-state index in [9.17, 15) is 0 Å². The summed E-state index contributed by atoms with van der Waals surface area (Å²) in [6, 6.07) is 32.2. The highest BCUT2D eigenvalue weighted by Gasteiger charge is 2.27. The molecule has 0 aliphatic rings. The largest absolute Gasteiger partial charge is 0.726 e. The third-order valence-corrected chi connectivity index (χ3v) is 5.17. The summed E-state index contributed by atoms with van der Waals surface area (Å²) in [5.74, 6) is 0. The molecule has 6 heteroatoms. The second-order valence-electron chi connectivity index (χ2n) is 4.67. The van der Waals surface area contributed by atoms with Crippen LogP contribution in [0.25, 0.3) is 0 Å². The normalized spacial score (nSPS) is 10.8. The van der Waals surface area contributed by atoms with E-state index in [4.69, 9.17) is 17.5 Å². The predicted molar refractivity (Wildman–Crippen MR) is 93.8 cm³/mol. The molecule has 24 heavy (non-hydrogen) atoms. The first-order valence-corrected chi connectivity index (χ1v) is 9.62. The van der Waals surface area contributed by atoms with Crippen molar-refractivity contribution in [3.63, 3.8) is 0 Å². The van der Waals surface area contributed by atoms with Gasteiger partial charge in [0.25, 0.3) is 0 Å². The van der Waals surface area contributed by atoms with Crippen molar-refractivity contribution >= 4 is 21.3 Å². The van der Waals surface area contributed by atoms with Crippen LogP contribution >= 0.6 is 0 Å². The Kier molecular flexibility index (Phi) is 6.57. The van der Waals surface area contributed by atoms with E-state index >= 15 is 0 Å². The number of benzene rings is 3. The van der Waals surface area contributed by atoms with E-state index in [0.717, 1.165) is 0 Å². The van der Waals surface area contributed by atoms with Crippen molar-refractivity contribution < 1.29 is 17.5 Å². The lowest BCUT2D eigenvalue weighted by molar-refractivity contribution is 0.366. The van der Waals surface area contributed by atoms with Gasteiger partial charge in [-0.1, -0.05) is 54.6 Å². The maximum Gasteiger partial charge on any atom is 0.215 e. The van der Waals surface area contributed by atoms with Gasteiger partial charge in [-0.15, -0.1) is 0 Å². The van der Waals surface area contributed by atoms with E-state index in [0.29, 0.717) is 0 Å². The fourth-order valence-electron chi connectivity index (χ4n) is 2.08. The molecule has 4 nitrogen and oxygen atoms in total. The fraction of sp³-hybridized carbons (Fsp3) is 0. The maximum absolute atomic E-state index is 8.63. The van der Waals surface area contributed by atoms with Gasteiger partial charge in [-0.2, -0.15) is 0 Å². The number of hydrogen-bond donors (Lipinski definition) is 1. The standard InChI is InChI=1S/C18H15S.H2O4S/c1-4-10-16(11-5-1)19(17-12-6-2-7-13-17)18-14-8-3-9-15-18;1-5(2,3)4/h1-15H;(H2,1,2,3,4)/q+1;/p-1. The van der Waals surface area contributed by atoms with Crippen molar-refractivity contribution in [2.24, 2.45) is 0 Å². The average Bonchev–Trinajstić information content (AvgIpc) is 2.57. The Labute approximate surface area is 144 Å². The van der Waals surface area contributed by atoms with E-state index in [1.54, 1.807) is 0 Å². The van der Waals surface area contributed by atoms with Crippen LogP contribution in [0.4, 0.5) is 0 Å². The molecule has 0 atom stereocenters. The summed E-state index contributed by atoms with van der Waals surface area (Å²) in [4.78, 5) is 4.08. The number of rotatable bonds is 3. The zero-order chi connectivity index (χ0) is 17.4. The number of hydrogen-bond acceptors (Lipinski definition) is 3. The van der Waals surface area contributed by atoms with Crippen LogP contribution in [0.5, 0.6) is 0 Å². The van der Waals surface area contributed by atoms with Crippen LogP contribution in [-0.4, -0.2) is 17.5 Å². The lowest BCUT2D eigenvalue weighted by Gasteiger charge is -2.07. The SMILES string of the molecule is O=S(=O)([O-])O.c1ccc([S+](c2ccccc2)c2ccccc2)cc1. The fourth-order valence-corrected chi connectivity index (χ4v) is 4.18. The Hall–Kier alpha value is -2.12. The summed E-state index contributed by atoms with van der Waals surface area (Å²) < 4.78 is 32.8. The van der Waals surface area contributed by atoms with E-state index in [1.165, 1.54) is 14.7 Å². The molecule has 124 valence electrons. The third-order valence-electron chi connectivity index (χ3n) is 2.94. The molecule has 0 fully saturated rings.